The van der Waals surface area contributed by atoms with Crippen LogP contribution in [0.2, 0.25) is 5.04 Å². The molecule has 2 aromatic carbocycles. The molecule has 1 amide bonds. The molecule has 1 aliphatic rings. The van der Waals surface area contributed by atoms with E-state index in [0.717, 1.165) is 15.9 Å². The number of nitrogens with two attached hydrogens (primary N) is 1. The van der Waals surface area contributed by atoms with Crippen LogP contribution in [0.5, 0.6) is 0 Å². The lowest BCUT2D eigenvalue weighted by molar-refractivity contribution is -0.136. The number of hydrogen-bond donors (Lipinski definition) is 2. The van der Waals surface area contributed by atoms with Crippen LogP contribution in [0.1, 0.15) is 48.0 Å². The molecule has 0 bridgehead atoms. The van der Waals surface area contributed by atoms with E-state index >= 15 is 0 Å². The van der Waals surface area contributed by atoms with Gasteiger partial charge in [-0.3, -0.25) is 9.59 Å². The first-order valence-electron chi connectivity index (χ1n) is 15.7. The van der Waals surface area contributed by atoms with Gasteiger partial charge < -0.3 is 24.7 Å². The zero-order valence-electron chi connectivity index (χ0n) is 28.4. The van der Waals surface area contributed by atoms with Crippen LogP contribution in [0.25, 0.3) is 0 Å². The molecular weight excluding hydrogens is 611 g/mol. The first kappa shape index (κ1) is 37.3. The standard InChI is InChI=1S/C38H47NO7Si/c1-8-29(35(42)44-7)26-27(2)18-12-9-13-19-28(3)33(41)38(36(39)43)34(46-38)32(40)24-25-45-47(37(4,5)6,30-20-14-10-15-21-30)31-22-16-11-17-23-31/h8-23,26,32,34,40H,24-25H2,1-7H3,(H2,39,43)/b13-9+,18-12+,27-26+,28-19+,29-8+/t32-,34-,38-/m0/s1. The van der Waals surface area contributed by atoms with E-state index in [1.165, 1.54) is 7.11 Å². The summed E-state index contributed by atoms with van der Waals surface area (Å²) in [6.45, 7) is 11.8. The maximum Gasteiger partial charge on any atom is 0.337 e. The maximum absolute atomic E-state index is 13.4. The lowest BCUT2D eigenvalue weighted by Gasteiger charge is -2.43. The van der Waals surface area contributed by atoms with Gasteiger partial charge in [-0.25, -0.2) is 4.79 Å². The van der Waals surface area contributed by atoms with Crippen molar-refractivity contribution in [2.24, 2.45) is 5.73 Å². The second-order valence-corrected chi connectivity index (χ2v) is 16.9. The second kappa shape index (κ2) is 16.1. The van der Waals surface area contributed by atoms with Crippen LogP contribution >= 0.6 is 0 Å². The fraction of sp³-hybridized carbons (Fsp3) is 0.342. The number of benzene rings is 2. The molecule has 1 aliphatic heterocycles. The van der Waals surface area contributed by atoms with Gasteiger partial charge in [0.15, 0.2) is 0 Å². The van der Waals surface area contributed by atoms with E-state index in [9.17, 15) is 19.5 Å². The minimum Gasteiger partial charge on any atom is -0.465 e. The van der Waals surface area contributed by atoms with Gasteiger partial charge in [0.1, 0.15) is 6.10 Å². The molecule has 3 rings (SSSR count). The molecule has 0 unspecified atom stereocenters. The Morgan fingerprint density at radius 2 is 1.57 bits per heavy atom. The zero-order valence-corrected chi connectivity index (χ0v) is 29.4. The van der Waals surface area contributed by atoms with Crippen LogP contribution in [0.3, 0.4) is 0 Å². The molecule has 1 fully saturated rings. The van der Waals surface area contributed by atoms with E-state index in [0.29, 0.717) is 5.57 Å². The molecule has 2 aromatic rings. The third-order valence-electron chi connectivity index (χ3n) is 8.26. The monoisotopic (exact) mass is 657 g/mol. The third kappa shape index (κ3) is 8.42. The lowest BCUT2D eigenvalue weighted by atomic mass is 9.90. The average Bonchev–Trinajstić information content (AvgIpc) is 3.82. The van der Waals surface area contributed by atoms with Crippen LogP contribution in [0.15, 0.2) is 120 Å². The van der Waals surface area contributed by atoms with Gasteiger partial charge in [0.2, 0.25) is 11.4 Å². The van der Waals surface area contributed by atoms with Crippen LogP contribution in [0, 0.1) is 0 Å². The number of hydrogen-bond acceptors (Lipinski definition) is 7. The number of allylic oxidation sites excluding steroid dienone is 7. The Bertz CT molecular complexity index is 1530. The number of ketones is 1. The lowest BCUT2D eigenvalue weighted by Crippen LogP contribution is -2.66. The molecule has 250 valence electrons. The van der Waals surface area contributed by atoms with E-state index in [2.05, 4.69) is 45.0 Å². The van der Waals surface area contributed by atoms with Gasteiger partial charge in [0.05, 0.1) is 18.8 Å². The van der Waals surface area contributed by atoms with Crippen LogP contribution < -0.4 is 16.1 Å². The number of amides is 1. The van der Waals surface area contributed by atoms with E-state index in [4.69, 9.17) is 19.6 Å². The molecule has 3 atom stereocenters. The predicted octanol–water partition coefficient (Wildman–Crippen LogP) is 4.63. The number of aliphatic hydroxyl groups excluding tert-OH is 1. The molecule has 1 heterocycles. The SMILES string of the molecule is C\C=C(/C=C(C)/C=C/C=C/C=C(\C)C(=O)[C@]1(C(N)=O)O[C@H]1[C@@H](O)CCO[Si](c1ccccc1)(c1ccccc1)C(C)(C)C)C(=O)OC. The summed E-state index contributed by atoms with van der Waals surface area (Å²) in [6, 6.07) is 20.3. The highest BCUT2D eigenvalue weighted by atomic mass is 28.4. The number of primary amides is 1. The fourth-order valence-corrected chi connectivity index (χ4v) is 10.3. The smallest absolute Gasteiger partial charge is 0.337 e. The highest BCUT2D eigenvalue weighted by Crippen LogP contribution is 2.43. The number of Topliss-reactive ketones (excluding diaryl/α,β-unsaturated/α-hetero) is 1. The number of aliphatic hydroxyl groups is 1. The van der Waals surface area contributed by atoms with Crippen molar-refractivity contribution >= 4 is 36.4 Å². The molecule has 3 N–H and O–H groups in total. The Morgan fingerprint density at radius 3 is 2.06 bits per heavy atom. The molecule has 0 radical (unpaired) electrons. The Balaban J connectivity index is 1.72. The minimum atomic E-state index is -2.83. The molecule has 8 nitrogen and oxygen atoms in total. The van der Waals surface area contributed by atoms with Crippen molar-refractivity contribution < 1.29 is 33.4 Å². The van der Waals surface area contributed by atoms with Gasteiger partial charge >= 0.3 is 5.97 Å². The van der Waals surface area contributed by atoms with Gasteiger partial charge in [-0.05, 0) is 54.3 Å². The van der Waals surface area contributed by atoms with Gasteiger partial charge in [0.25, 0.3) is 14.2 Å². The van der Waals surface area contributed by atoms with Crippen molar-refractivity contribution in [1.82, 2.24) is 0 Å². The number of carbonyl (C=O) groups is 3. The third-order valence-corrected chi connectivity index (χ3v) is 13.3. The zero-order chi connectivity index (χ0) is 34.8. The van der Waals surface area contributed by atoms with Crippen molar-refractivity contribution in [2.75, 3.05) is 13.7 Å². The predicted molar refractivity (Wildman–Crippen MR) is 188 cm³/mol. The van der Waals surface area contributed by atoms with Gasteiger partial charge in [0, 0.05) is 6.61 Å². The van der Waals surface area contributed by atoms with Crippen LogP contribution in [0.4, 0.5) is 0 Å². The quantitative estimate of drug-likeness (QED) is 0.0714. The number of rotatable bonds is 15. The Kier molecular flexibility index (Phi) is 12.8. The number of methoxy groups -OCH3 is 1. The number of ether oxygens (including phenoxy) is 2. The largest absolute Gasteiger partial charge is 0.465 e. The van der Waals surface area contributed by atoms with E-state index < -0.39 is 43.8 Å². The van der Waals surface area contributed by atoms with E-state index in [-0.39, 0.29) is 23.6 Å². The van der Waals surface area contributed by atoms with Crippen molar-refractivity contribution in [3.63, 3.8) is 0 Å². The molecular formula is C38H47NO7Si. The summed E-state index contributed by atoms with van der Waals surface area (Å²) in [7, 11) is -1.51. The van der Waals surface area contributed by atoms with Crippen molar-refractivity contribution in [1.29, 1.82) is 0 Å². The number of carbonyl (C=O) groups excluding carboxylic acids is 3. The number of epoxide rings is 1. The van der Waals surface area contributed by atoms with Crippen molar-refractivity contribution in [3.05, 3.63) is 120 Å². The average molecular weight is 658 g/mol. The minimum absolute atomic E-state index is 0.142. The Morgan fingerprint density at radius 1 is 1.00 bits per heavy atom. The van der Waals surface area contributed by atoms with Crippen molar-refractivity contribution in [2.45, 2.75) is 70.8 Å². The Hall–Kier alpha value is -4.15. The van der Waals surface area contributed by atoms with Gasteiger partial charge in [-0.1, -0.05) is 123 Å². The highest BCUT2D eigenvalue weighted by molar-refractivity contribution is 6.99. The highest BCUT2D eigenvalue weighted by Gasteiger charge is 2.69. The number of esters is 1. The fourth-order valence-electron chi connectivity index (χ4n) is 5.77. The maximum atomic E-state index is 13.4. The molecule has 9 heteroatoms. The summed E-state index contributed by atoms with van der Waals surface area (Å²) in [4.78, 5) is 37.7. The first-order valence-corrected chi connectivity index (χ1v) is 17.6. The summed E-state index contributed by atoms with van der Waals surface area (Å²) in [5.41, 5.74) is 5.25. The summed E-state index contributed by atoms with van der Waals surface area (Å²) in [5.74, 6) is -1.96. The van der Waals surface area contributed by atoms with Gasteiger partial charge in [-0.2, -0.15) is 0 Å². The molecule has 0 spiro atoms. The summed E-state index contributed by atoms with van der Waals surface area (Å²) in [6.07, 6.45) is 9.73. The molecule has 1 saturated heterocycles. The normalized spacial score (nSPS) is 20.0. The first-order chi connectivity index (χ1) is 22.3. The van der Waals surface area contributed by atoms with E-state index in [1.54, 1.807) is 56.4 Å². The summed E-state index contributed by atoms with van der Waals surface area (Å²) >= 11 is 0. The summed E-state index contributed by atoms with van der Waals surface area (Å²) < 4.78 is 17.2. The van der Waals surface area contributed by atoms with Crippen LogP contribution in [-0.2, 0) is 28.3 Å². The topological polar surface area (TPSA) is 128 Å². The summed E-state index contributed by atoms with van der Waals surface area (Å²) in [5, 5.41) is 13.1. The molecule has 0 aliphatic carbocycles. The second-order valence-electron chi connectivity index (χ2n) is 12.6. The molecule has 0 saturated carbocycles. The van der Waals surface area contributed by atoms with Gasteiger partial charge in [-0.15, -0.1) is 0 Å². The molecule has 47 heavy (non-hydrogen) atoms. The Labute approximate surface area is 279 Å². The van der Waals surface area contributed by atoms with Crippen molar-refractivity contribution in [3.8, 4) is 0 Å². The van der Waals surface area contributed by atoms with Crippen LogP contribution in [-0.4, -0.2) is 62.6 Å². The van der Waals surface area contributed by atoms with E-state index in [1.807, 2.05) is 43.3 Å². The molecule has 0 aromatic heterocycles.